The van der Waals surface area contributed by atoms with Crippen molar-refractivity contribution in [3.63, 3.8) is 0 Å². The number of hydrogen-bond donors (Lipinski definition) is 2. The normalized spacial score (nSPS) is 10.5. The van der Waals surface area contributed by atoms with E-state index >= 15 is 0 Å². The van der Waals surface area contributed by atoms with E-state index in [0.717, 1.165) is 16.6 Å². The summed E-state index contributed by atoms with van der Waals surface area (Å²) in [6.07, 6.45) is 3.37. The summed E-state index contributed by atoms with van der Waals surface area (Å²) in [4.78, 5) is 8.43. The van der Waals surface area contributed by atoms with Crippen molar-refractivity contribution in [1.82, 2.24) is 15.4 Å². The molecule has 0 radical (unpaired) electrons. The van der Waals surface area contributed by atoms with Crippen molar-refractivity contribution in [3.05, 3.63) is 36.2 Å². The van der Waals surface area contributed by atoms with Crippen molar-refractivity contribution >= 4 is 11.0 Å². The van der Waals surface area contributed by atoms with Crippen molar-refractivity contribution in [2.75, 3.05) is 0 Å². The number of para-hydroxylation sites is 1. The minimum Gasteiger partial charge on any atom is -0.271 e. The molecule has 0 spiro atoms. The maximum atomic E-state index is 5.25. The highest BCUT2D eigenvalue weighted by Gasteiger charge is 2.00. The molecule has 3 N–H and O–H groups in total. The van der Waals surface area contributed by atoms with E-state index in [1.165, 1.54) is 0 Å². The summed E-state index contributed by atoms with van der Waals surface area (Å²) >= 11 is 0. The minimum atomic E-state index is 0.607. The van der Waals surface area contributed by atoms with Gasteiger partial charge in [-0.2, -0.15) is 0 Å². The van der Waals surface area contributed by atoms with Gasteiger partial charge in [0.2, 0.25) is 0 Å². The molecule has 4 nitrogen and oxygen atoms in total. The zero-order chi connectivity index (χ0) is 9.10. The first-order chi connectivity index (χ1) is 6.42. The maximum Gasteiger partial charge on any atom is 0.0932 e. The van der Waals surface area contributed by atoms with Crippen molar-refractivity contribution in [2.24, 2.45) is 5.84 Å². The molecule has 2 rings (SSSR count). The Labute approximate surface area is 75.8 Å². The molecule has 0 aliphatic heterocycles. The van der Waals surface area contributed by atoms with Gasteiger partial charge < -0.3 is 0 Å². The fourth-order valence-corrected chi connectivity index (χ4v) is 1.31. The molecule has 1 aromatic heterocycles. The summed E-state index contributed by atoms with van der Waals surface area (Å²) in [6, 6.07) is 5.86. The highest BCUT2D eigenvalue weighted by molar-refractivity contribution is 5.77. The Balaban J connectivity index is 2.61. The average Bonchev–Trinajstić information content (AvgIpc) is 2.19. The summed E-state index contributed by atoms with van der Waals surface area (Å²) < 4.78 is 0. The van der Waals surface area contributed by atoms with Gasteiger partial charge in [0.25, 0.3) is 0 Å². The SMILES string of the molecule is NNCc1cccc2nccnc12. The first-order valence-corrected chi connectivity index (χ1v) is 4.04. The van der Waals surface area contributed by atoms with E-state index in [0.29, 0.717) is 6.54 Å². The van der Waals surface area contributed by atoms with Gasteiger partial charge in [0.15, 0.2) is 0 Å². The molecule has 0 atom stereocenters. The summed E-state index contributed by atoms with van der Waals surface area (Å²) in [5.41, 5.74) is 5.48. The lowest BCUT2D eigenvalue weighted by Gasteiger charge is -2.02. The fourth-order valence-electron chi connectivity index (χ4n) is 1.31. The molecule has 0 aliphatic carbocycles. The molecular formula is C9H10N4. The van der Waals surface area contributed by atoms with Crippen LogP contribution in [0.4, 0.5) is 0 Å². The standard InChI is InChI=1S/C9H10N4/c10-13-6-7-2-1-3-8-9(7)12-5-4-11-8/h1-5,13H,6,10H2. The van der Waals surface area contributed by atoms with Gasteiger partial charge in [-0.05, 0) is 11.6 Å². The third-order valence-corrected chi connectivity index (χ3v) is 1.87. The summed E-state index contributed by atoms with van der Waals surface area (Å²) in [7, 11) is 0. The van der Waals surface area contributed by atoms with Gasteiger partial charge in [-0.25, -0.2) is 0 Å². The van der Waals surface area contributed by atoms with E-state index in [1.54, 1.807) is 12.4 Å². The van der Waals surface area contributed by atoms with Gasteiger partial charge in [0.1, 0.15) is 0 Å². The van der Waals surface area contributed by atoms with E-state index in [2.05, 4.69) is 15.4 Å². The van der Waals surface area contributed by atoms with E-state index in [1.807, 2.05) is 18.2 Å². The number of fused-ring (bicyclic) bond motifs is 1. The highest BCUT2D eigenvalue weighted by atomic mass is 15.2. The van der Waals surface area contributed by atoms with E-state index in [-0.39, 0.29) is 0 Å². The van der Waals surface area contributed by atoms with Gasteiger partial charge >= 0.3 is 0 Å². The van der Waals surface area contributed by atoms with Gasteiger partial charge in [-0.15, -0.1) is 0 Å². The minimum absolute atomic E-state index is 0.607. The Morgan fingerprint density at radius 1 is 1.23 bits per heavy atom. The van der Waals surface area contributed by atoms with Gasteiger partial charge in [-0.3, -0.25) is 21.2 Å². The Kier molecular flexibility index (Phi) is 2.16. The van der Waals surface area contributed by atoms with Gasteiger partial charge in [-0.1, -0.05) is 12.1 Å². The molecule has 0 bridgehead atoms. The van der Waals surface area contributed by atoms with Crippen molar-refractivity contribution in [3.8, 4) is 0 Å². The number of nitrogens with two attached hydrogens (primary N) is 1. The first kappa shape index (κ1) is 8.10. The smallest absolute Gasteiger partial charge is 0.0932 e. The van der Waals surface area contributed by atoms with Crippen LogP contribution in [0.15, 0.2) is 30.6 Å². The number of hydrazine groups is 1. The lowest BCUT2D eigenvalue weighted by molar-refractivity contribution is 0.744. The number of nitrogens with one attached hydrogen (secondary N) is 1. The summed E-state index contributed by atoms with van der Waals surface area (Å²) in [5, 5.41) is 0. The predicted molar refractivity (Wildman–Crippen MR) is 50.6 cm³/mol. The van der Waals surface area contributed by atoms with Crippen LogP contribution in [-0.4, -0.2) is 9.97 Å². The predicted octanol–water partition coefficient (Wildman–Crippen LogP) is 0.593. The molecule has 4 heteroatoms. The molecule has 1 heterocycles. The third kappa shape index (κ3) is 1.49. The van der Waals surface area contributed by atoms with Gasteiger partial charge in [0.05, 0.1) is 11.0 Å². The molecule has 1 aromatic carbocycles. The summed E-state index contributed by atoms with van der Waals surface area (Å²) in [6.45, 7) is 0.607. The van der Waals surface area contributed by atoms with Crippen LogP contribution < -0.4 is 11.3 Å². The van der Waals surface area contributed by atoms with E-state index in [4.69, 9.17) is 5.84 Å². The van der Waals surface area contributed by atoms with Crippen molar-refractivity contribution in [1.29, 1.82) is 0 Å². The van der Waals surface area contributed by atoms with Crippen LogP contribution in [0, 0.1) is 0 Å². The third-order valence-electron chi connectivity index (χ3n) is 1.87. The molecule has 66 valence electrons. The zero-order valence-electron chi connectivity index (χ0n) is 7.07. The lowest BCUT2D eigenvalue weighted by atomic mass is 10.2. The zero-order valence-corrected chi connectivity index (χ0v) is 7.07. The van der Waals surface area contributed by atoms with Crippen LogP contribution in [0.25, 0.3) is 11.0 Å². The van der Waals surface area contributed by atoms with E-state index in [9.17, 15) is 0 Å². The molecule has 0 amide bonds. The van der Waals surface area contributed by atoms with Crippen LogP contribution in [0.1, 0.15) is 5.56 Å². The number of hydrogen-bond acceptors (Lipinski definition) is 4. The molecule has 0 fully saturated rings. The second kappa shape index (κ2) is 3.47. The molecule has 13 heavy (non-hydrogen) atoms. The first-order valence-electron chi connectivity index (χ1n) is 4.04. The second-order valence-electron chi connectivity index (χ2n) is 2.72. The molecule has 0 saturated heterocycles. The molecule has 2 aromatic rings. The Bertz CT molecular complexity index is 408. The average molecular weight is 174 g/mol. The van der Waals surface area contributed by atoms with Crippen LogP contribution in [0.3, 0.4) is 0 Å². The number of aromatic nitrogens is 2. The Hall–Kier alpha value is -1.52. The fraction of sp³-hybridized carbons (Fsp3) is 0.111. The molecular weight excluding hydrogens is 164 g/mol. The topological polar surface area (TPSA) is 63.8 Å². The maximum absolute atomic E-state index is 5.25. The lowest BCUT2D eigenvalue weighted by Crippen LogP contribution is -2.21. The van der Waals surface area contributed by atoms with Gasteiger partial charge in [0, 0.05) is 18.9 Å². The van der Waals surface area contributed by atoms with Crippen LogP contribution in [0.5, 0.6) is 0 Å². The Morgan fingerprint density at radius 3 is 2.92 bits per heavy atom. The molecule has 0 saturated carbocycles. The second-order valence-corrected chi connectivity index (χ2v) is 2.72. The largest absolute Gasteiger partial charge is 0.271 e. The quantitative estimate of drug-likeness (QED) is 0.516. The Morgan fingerprint density at radius 2 is 2.08 bits per heavy atom. The van der Waals surface area contributed by atoms with Crippen molar-refractivity contribution < 1.29 is 0 Å². The van der Waals surface area contributed by atoms with Crippen LogP contribution in [0.2, 0.25) is 0 Å². The molecule has 0 aliphatic rings. The van der Waals surface area contributed by atoms with E-state index < -0.39 is 0 Å². The number of rotatable bonds is 2. The van der Waals surface area contributed by atoms with Crippen LogP contribution in [-0.2, 0) is 6.54 Å². The highest BCUT2D eigenvalue weighted by Crippen LogP contribution is 2.12. The number of benzene rings is 1. The monoisotopic (exact) mass is 174 g/mol. The van der Waals surface area contributed by atoms with Crippen LogP contribution >= 0.6 is 0 Å². The molecule has 0 unspecified atom stereocenters. The van der Waals surface area contributed by atoms with Crippen molar-refractivity contribution in [2.45, 2.75) is 6.54 Å². The summed E-state index contributed by atoms with van der Waals surface area (Å²) in [5.74, 6) is 5.25. The number of nitrogens with zero attached hydrogens (tertiary/aromatic N) is 2.